The Balaban J connectivity index is 3.08. The van der Waals surface area contributed by atoms with Crippen LogP contribution in [0.5, 0.6) is 0 Å². The second-order valence-electron chi connectivity index (χ2n) is 2.41. The van der Waals surface area contributed by atoms with Crippen molar-refractivity contribution in [2.75, 3.05) is 9.25 Å². The summed E-state index contributed by atoms with van der Waals surface area (Å²) < 4.78 is 32.1. The third kappa shape index (κ3) is 3.04. The second kappa shape index (κ2) is 4.01. The van der Waals surface area contributed by atoms with Crippen molar-refractivity contribution in [2.24, 2.45) is 5.84 Å². The summed E-state index contributed by atoms with van der Waals surface area (Å²) in [6.07, 6.45) is 0. The van der Waals surface area contributed by atoms with Crippen LogP contribution in [0, 0.1) is 0 Å². The molecule has 0 heterocycles. The zero-order valence-corrected chi connectivity index (χ0v) is 8.46. The number of anilines is 2. The summed E-state index contributed by atoms with van der Waals surface area (Å²) in [5.74, 6) is 5.22. The maximum absolute atomic E-state index is 10.5. The highest BCUT2D eigenvalue weighted by Crippen LogP contribution is 2.25. The molecule has 0 saturated heterocycles. The quantitative estimate of drug-likeness (QED) is 0.312. The standard InChI is InChI=1S/C6H8ClN3O3S/c7-10(8)6-4-2-1-3-5(6)9-14(11,12)13/h1-4,9H,8H2,(H,11,12,13). The van der Waals surface area contributed by atoms with Crippen molar-refractivity contribution in [3.63, 3.8) is 0 Å². The van der Waals surface area contributed by atoms with Crippen LogP contribution in [-0.4, -0.2) is 13.0 Å². The SMILES string of the molecule is NN(Cl)c1ccccc1NS(=O)(=O)O. The number of hydrogen-bond donors (Lipinski definition) is 3. The Hall–Kier alpha value is -1.02. The minimum absolute atomic E-state index is 0.0903. The van der Waals surface area contributed by atoms with Crippen LogP contribution < -0.4 is 15.1 Å². The van der Waals surface area contributed by atoms with Crippen LogP contribution in [0.25, 0.3) is 0 Å². The van der Waals surface area contributed by atoms with E-state index in [9.17, 15) is 8.42 Å². The molecule has 0 bridgehead atoms. The summed E-state index contributed by atoms with van der Waals surface area (Å²) in [6.45, 7) is 0. The van der Waals surface area contributed by atoms with E-state index in [-0.39, 0.29) is 11.4 Å². The normalized spacial score (nSPS) is 11.1. The number of rotatable bonds is 3. The Morgan fingerprint density at radius 3 is 2.50 bits per heavy atom. The zero-order valence-electron chi connectivity index (χ0n) is 6.88. The van der Waals surface area contributed by atoms with E-state index in [1.807, 2.05) is 4.72 Å². The molecule has 0 aliphatic rings. The average molecular weight is 238 g/mol. The second-order valence-corrected chi connectivity index (χ2v) is 3.92. The van der Waals surface area contributed by atoms with Gasteiger partial charge >= 0.3 is 10.3 Å². The molecule has 1 aromatic rings. The number of nitrogens with one attached hydrogen (secondary N) is 1. The van der Waals surface area contributed by atoms with Crippen molar-refractivity contribution in [1.29, 1.82) is 0 Å². The topological polar surface area (TPSA) is 95.7 Å². The Labute approximate surface area is 86.2 Å². The molecule has 0 aliphatic heterocycles. The molecular weight excluding hydrogens is 230 g/mol. The van der Waals surface area contributed by atoms with Crippen molar-refractivity contribution in [3.05, 3.63) is 24.3 Å². The molecule has 0 radical (unpaired) electrons. The van der Waals surface area contributed by atoms with Crippen molar-refractivity contribution in [1.82, 2.24) is 0 Å². The van der Waals surface area contributed by atoms with Crippen molar-refractivity contribution >= 4 is 33.5 Å². The first-order chi connectivity index (χ1) is 6.40. The van der Waals surface area contributed by atoms with Crippen LogP contribution in [0.2, 0.25) is 0 Å². The lowest BCUT2D eigenvalue weighted by molar-refractivity contribution is 0.490. The lowest BCUT2D eigenvalue weighted by Crippen LogP contribution is -2.21. The molecule has 0 fully saturated rings. The molecule has 4 N–H and O–H groups in total. The third-order valence-corrected chi connectivity index (χ3v) is 2.03. The highest BCUT2D eigenvalue weighted by atomic mass is 35.5. The summed E-state index contributed by atoms with van der Waals surface area (Å²) in [5.41, 5.74) is 0.319. The van der Waals surface area contributed by atoms with E-state index < -0.39 is 10.3 Å². The van der Waals surface area contributed by atoms with Gasteiger partial charge in [-0.05, 0) is 12.1 Å². The molecule has 0 aliphatic carbocycles. The molecule has 1 rings (SSSR count). The number of benzene rings is 1. The van der Waals surface area contributed by atoms with E-state index >= 15 is 0 Å². The number of para-hydroxylation sites is 2. The van der Waals surface area contributed by atoms with Gasteiger partial charge in [-0.3, -0.25) is 9.27 Å². The molecule has 1 aromatic carbocycles. The molecule has 6 nitrogen and oxygen atoms in total. The third-order valence-electron chi connectivity index (χ3n) is 1.37. The summed E-state index contributed by atoms with van der Waals surface area (Å²) in [4.78, 5) is 0. The number of hydrazine groups is 1. The molecule has 0 saturated carbocycles. The van der Waals surface area contributed by atoms with E-state index in [1.165, 1.54) is 12.1 Å². The van der Waals surface area contributed by atoms with Gasteiger partial charge in [0.05, 0.1) is 11.4 Å². The Morgan fingerprint density at radius 1 is 1.43 bits per heavy atom. The molecule has 0 amide bonds. The fourth-order valence-electron chi connectivity index (χ4n) is 0.885. The van der Waals surface area contributed by atoms with Crippen LogP contribution in [0.3, 0.4) is 0 Å². The summed E-state index contributed by atoms with van der Waals surface area (Å²) in [7, 11) is -4.32. The maximum Gasteiger partial charge on any atom is 0.357 e. The molecule has 78 valence electrons. The number of halogens is 1. The smallest absolute Gasteiger partial charge is 0.269 e. The molecular formula is C6H8ClN3O3S. The number of nitrogens with two attached hydrogens (primary N) is 1. The Morgan fingerprint density at radius 2 is 2.00 bits per heavy atom. The van der Waals surface area contributed by atoms with Crippen molar-refractivity contribution < 1.29 is 13.0 Å². The van der Waals surface area contributed by atoms with Gasteiger partial charge in [0.1, 0.15) is 0 Å². The molecule has 0 atom stereocenters. The monoisotopic (exact) mass is 237 g/mol. The molecule has 0 spiro atoms. The van der Waals surface area contributed by atoms with Crippen molar-refractivity contribution in [3.8, 4) is 0 Å². The summed E-state index contributed by atoms with van der Waals surface area (Å²) >= 11 is 5.43. The van der Waals surface area contributed by atoms with E-state index in [0.717, 1.165) is 0 Å². The van der Waals surface area contributed by atoms with Gasteiger partial charge in [-0.15, -0.1) is 0 Å². The summed E-state index contributed by atoms with van der Waals surface area (Å²) in [6, 6.07) is 6.08. The first kappa shape index (κ1) is 11.1. The van der Waals surface area contributed by atoms with Crippen LogP contribution in [-0.2, 0) is 10.3 Å². The van der Waals surface area contributed by atoms with Gasteiger partial charge in [0.15, 0.2) is 0 Å². The van der Waals surface area contributed by atoms with Gasteiger partial charge in [-0.1, -0.05) is 12.1 Å². The Bertz CT molecular complexity index is 420. The molecule has 0 unspecified atom stereocenters. The largest absolute Gasteiger partial charge is 0.357 e. The van der Waals surface area contributed by atoms with Gasteiger partial charge in [0.2, 0.25) is 0 Å². The number of nitrogens with zero attached hydrogens (tertiary/aromatic N) is 1. The lowest BCUT2D eigenvalue weighted by atomic mass is 10.3. The van der Waals surface area contributed by atoms with Crippen LogP contribution in [0.1, 0.15) is 0 Å². The molecule has 14 heavy (non-hydrogen) atoms. The van der Waals surface area contributed by atoms with Gasteiger partial charge in [0, 0.05) is 11.8 Å². The highest BCUT2D eigenvalue weighted by Gasteiger charge is 2.10. The maximum atomic E-state index is 10.5. The van der Waals surface area contributed by atoms with Gasteiger partial charge in [0.25, 0.3) is 0 Å². The lowest BCUT2D eigenvalue weighted by Gasteiger charge is -2.13. The molecule has 8 heteroatoms. The Kier molecular flexibility index (Phi) is 3.17. The van der Waals surface area contributed by atoms with Gasteiger partial charge < -0.3 is 0 Å². The molecule has 0 aromatic heterocycles. The highest BCUT2D eigenvalue weighted by molar-refractivity contribution is 7.87. The average Bonchev–Trinajstić information content (AvgIpc) is 2.01. The van der Waals surface area contributed by atoms with Gasteiger partial charge in [-0.25, -0.2) is 10.4 Å². The van der Waals surface area contributed by atoms with E-state index in [0.29, 0.717) is 4.53 Å². The predicted octanol–water partition coefficient (Wildman–Crippen LogP) is 0.735. The zero-order chi connectivity index (χ0) is 10.8. The summed E-state index contributed by atoms with van der Waals surface area (Å²) in [5, 5.41) is 0. The fourth-order valence-corrected chi connectivity index (χ4v) is 1.48. The van der Waals surface area contributed by atoms with Crippen LogP contribution in [0.15, 0.2) is 24.3 Å². The minimum Gasteiger partial charge on any atom is -0.269 e. The fraction of sp³-hybridized carbons (Fsp3) is 0. The van der Waals surface area contributed by atoms with Gasteiger partial charge in [-0.2, -0.15) is 8.42 Å². The minimum atomic E-state index is -4.32. The van der Waals surface area contributed by atoms with Crippen LogP contribution in [0.4, 0.5) is 11.4 Å². The first-order valence-electron chi connectivity index (χ1n) is 3.45. The van der Waals surface area contributed by atoms with Crippen LogP contribution >= 0.6 is 11.8 Å². The van der Waals surface area contributed by atoms with E-state index in [4.69, 9.17) is 22.2 Å². The predicted molar refractivity (Wildman–Crippen MR) is 54.1 cm³/mol. The van der Waals surface area contributed by atoms with E-state index in [2.05, 4.69) is 0 Å². The number of hydrogen-bond acceptors (Lipinski definition) is 4. The van der Waals surface area contributed by atoms with Crippen molar-refractivity contribution in [2.45, 2.75) is 0 Å². The van der Waals surface area contributed by atoms with E-state index in [1.54, 1.807) is 12.1 Å². The first-order valence-corrected chi connectivity index (χ1v) is 5.23.